The fourth-order valence-electron chi connectivity index (χ4n) is 4.84. The van der Waals surface area contributed by atoms with Crippen LogP contribution in [0.1, 0.15) is 37.3 Å². The topological polar surface area (TPSA) is 182 Å². The molecule has 0 radical (unpaired) electrons. The van der Waals surface area contributed by atoms with E-state index in [4.69, 9.17) is 24.7 Å². The van der Waals surface area contributed by atoms with E-state index in [0.29, 0.717) is 11.3 Å². The molecule has 13 nitrogen and oxygen atoms in total. The number of hydrogen-bond donors (Lipinski definition) is 2. The Hall–Kier alpha value is -5.60. The highest BCUT2D eigenvalue weighted by atomic mass is 32.1. The third-order valence-electron chi connectivity index (χ3n) is 6.92. The van der Waals surface area contributed by atoms with E-state index in [0.717, 1.165) is 4.57 Å². The van der Waals surface area contributed by atoms with Crippen LogP contribution in [0.5, 0.6) is 0 Å². The van der Waals surface area contributed by atoms with Gasteiger partial charge in [0, 0.05) is 0 Å². The van der Waals surface area contributed by atoms with Gasteiger partial charge < -0.3 is 24.7 Å². The van der Waals surface area contributed by atoms with Crippen molar-refractivity contribution in [2.45, 2.75) is 24.5 Å². The highest BCUT2D eigenvalue weighted by Gasteiger charge is 2.52. The summed E-state index contributed by atoms with van der Waals surface area (Å²) in [6, 6.07) is 24.3. The van der Waals surface area contributed by atoms with Gasteiger partial charge in [-0.1, -0.05) is 65.9 Å². The Morgan fingerprint density at radius 3 is 1.87 bits per heavy atom. The van der Waals surface area contributed by atoms with Gasteiger partial charge in [0.25, 0.3) is 5.56 Å². The predicted molar refractivity (Wildman–Crippen MR) is 161 cm³/mol. The molecule has 3 heterocycles. The van der Waals surface area contributed by atoms with E-state index in [-0.39, 0.29) is 33.0 Å². The lowest BCUT2D eigenvalue weighted by atomic mass is 10.1. The van der Waals surface area contributed by atoms with Crippen LogP contribution >= 0.6 is 11.3 Å². The van der Waals surface area contributed by atoms with Crippen LogP contribution in [0.3, 0.4) is 0 Å². The summed E-state index contributed by atoms with van der Waals surface area (Å²) < 4.78 is 24.4. The molecule has 0 spiro atoms. The van der Waals surface area contributed by atoms with Crippen LogP contribution in [0.2, 0.25) is 0 Å². The Morgan fingerprint density at radius 2 is 1.31 bits per heavy atom. The zero-order chi connectivity index (χ0) is 31.5. The summed E-state index contributed by atoms with van der Waals surface area (Å²) in [5, 5.41) is 0. The number of H-pyrrole nitrogens is 1. The molecular formula is C31H24N4O9S. The maximum atomic E-state index is 13.4. The Bertz CT molecular complexity index is 1980. The number of thiazole rings is 1. The summed E-state index contributed by atoms with van der Waals surface area (Å²) >= 11 is 0.579. The van der Waals surface area contributed by atoms with Crippen molar-refractivity contribution in [2.24, 2.45) is 0 Å². The van der Waals surface area contributed by atoms with E-state index in [1.165, 1.54) is 24.3 Å². The zero-order valence-electron chi connectivity index (χ0n) is 23.2. The molecular weight excluding hydrogens is 604 g/mol. The number of aromatic amines is 1. The molecule has 3 aromatic carbocycles. The van der Waals surface area contributed by atoms with Crippen molar-refractivity contribution in [3.63, 3.8) is 0 Å². The molecule has 0 aliphatic carbocycles. The molecule has 1 fully saturated rings. The molecule has 14 heteroatoms. The van der Waals surface area contributed by atoms with E-state index in [9.17, 15) is 24.0 Å². The van der Waals surface area contributed by atoms with Crippen molar-refractivity contribution in [3.8, 4) is 0 Å². The lowest BCUT2D eigenvalue weighted by molar-refractivity contribution is -0.0612. The summed E-state index contributed by atoms with van der Waals surface area (Å²) in [6.45, 7) is -0.455. The molecule has 228 valence electrons. The molecule has 0 amide bonds. The Morgan fingerprint density at radius 1 is 0.800 bits per heavy atom. The number of nitrogens with two attached hydrogens (primary N) is 1. The molecule has 1 aliphatic rings. The molecule has 6 rings (SSSR count). The van der Waals surface area contributed by atoms with E-state index in [2.05, 4.69) is 9.97 Å². The Kier molecular flexibility index (Phi) is 8.22. The molecule has 0 saturated carbocycles. The van der Waals surface area contributed by atoms with Crippen LogP contribution in [0.15, 0.2) is 101 Å². The minimum Gasteiger partial charge on any atom is -0.459 e. The Labute approximate surface area is 257 Å². The van der Waals surface area contributed by atoms with Crippen molar-refractivity contribution in [3.05, 3.63) is 128 Å². The van der Waals surface area contributed by atoms with Gasteiger partial charge in [0.05, 0.1) is 16.7 Å². The number of esters is 3. The number of nitrogens with zero attached hydrogens (tertiary/aromatic N) is 2. The number of anilines is 1. The SMILES string of the molecule is Nc1nc2c(sc(=O)n2[C@@H]2O[C@H](COC(=O)c3ccccc3)[C@@H](OC(=O)c3ccccc3)[C@H]2OC(=O)c2ccccc2)c(=O)[nH]1. The molecule has 3 N–H and O–H groups in total. The predicted octanol–water partition coefficient (Wildman–Crippen LogP) is 2.93. The lowest BCUT2D eigenvalue weighted by Gasteiger charge is -2.24. The number of benzene rings is 3. The van der Waals surface area contributed by atoms with E-state index in [1.54, 1.807) is 66.7 Å². The minimum absolute atomic E-state index is 0.0530. The fourth-order valence-corrected chi connectivity index (χ4v) is 5.68. The molecule has 0 bridgehead atoms. The number of ether oxygens (including phenoxy) is 4. The van der Waals surface area contributed by atoms with Crippen LogP contribution in [0.25, 0.3) is 10.3 Å². The van der Waals surface area contributed by atoms with Crippen molar-refractivity contribution in [2.75, 3.05) is 12.3 Å². The van der Waals surface area contributed by atoms with Crippen molar-refractivity contribution < 1.29 is 33.3 Å². The van der Waals surface area contributed by atoms with E-state index >= 15 is 0 Å². The van der Waals surface area contributed by atoms with Gasteiger partial charge in [-0.25, -0.2) is 14.4 Å². The molecule has 4 atom stereocenters. The smallest absolute Gasteiger partial charge is 0.338 e. The summed E-state index contributed by atoms with van der Waals surface area (Å²) in [5.74, 6) is -2.55. The van der Waals surface area contributed by atoms with Gasteiger partial charge in [-0.15, -0.1) is 0 Å². The van der Waals surface area contributed by atoms with Gasteiger partial charge in [0.2, 0.25) is 5.95 Å². The zero-order valence-corrected chi connectivity index (χ0v) is 24.0. The summed E-state index contributed by atoms with van der Waals surface area (Å²) in [6.07, 6.45) is -5.56. The summed E-state index contributed by atoms with van der Waals surface area (Å²) in [4.78, 5) is 71.2. The first-order valence-corrected chi connectivity index (χ1v) is 14.4. The number of nitrogen functional groups attached to an aromatic ring is 1. The van der Waals surface area contributed by atoms with Gasteiger partial charge in [0.15, 0.2) is 24.1 Å². The highest BCUT2D eigenvalue weighted by molar-refractivity contribution is 7.16. The average molecular weight is 629 g/mol. The second-order valence-corrected chi connectivity index (χ2v) is 10.8. The second kappa shape index (κ2) is 12.6. The van der Waals surface area contributed by atoms with Crippen LogP contribution in [-0.2, 0) is 18.9 Å². The first-order valence-electron chi connectivity index (χ1n) is 13.6. The summed E-state index contributed by atoms with van der Waals surface area (Å²) in [7, 11) is 0. The van der Waals surface area contributed by atoms with Crippen molar-refractivity contribution in [1.29, 1.82) is 0 Å². The van der Waals surface area contributed by atoms with E-state index in [1.807, 2.05) is 0 Å². The highest BCUT2D eigenvalue weighted by Crippen LogP contribution is 2.36. The second-order valence-electron chi connectivity index (χ2n) is 9.84. The van der Waals surface area contributed by atoms with Crippen molar-refractivity contribution >= 4 is 45.5 Å². The van der Waals surface area contributed by atoms with Gasteiger partial charge >= 0.3 is 22.8 Å². The Balaban J connectivity index is 1.42. The van der Waals surface area contributed by atoms with Crippen LogP contribution < -0.4 is 16.2 Å². The number of hydrogen-bond acceptors (Lipinski definition) is 12. The fraction of sp³-hybridized carbons (Fsp3) is 0.161. The maximum Gasteiger partial charge on any atom is 0.338 e. The van der Waals surface area contributed by atoms with E-state index < -0.39 is 59.5 Å². The standard InChI is InChI=1S/C31H24N4O9S/c32-30-33-24-23(25(36)34-30)45-31(40)35(24)26-22(44-29(39)19-14-8-3-9-15-19)21(43-28(38)18-12-6-2-7-13-18)20(42-26)16-41-27(37)17-10-4-1-5-11-17/h1-15,20-22,26H,16H2,(H3,32,33,34,36)/t20-,21-,22-,26-/m1/s1. The third kappa shape index (κ3) is 6.09. The molecule has 1 aliphatic heterocycles. The molecule has 2 aromatic heterocycles. The van der Waals surface area contributed by atoms with Crippen LogP contribution in [0.4, 0.5) is 5.95 Å². The number of nitrogens with one attached hydrogen (secondary N) is 1. The third-order valence-corrected chi connectivity index (χ3v) is 7.87. The largest absolute Gasteiger partial charge is 0.459 e. The normalized spacial score (nSPS) is 19.2. The average Bonchev–Trinajstić information content (AvgIpc) is 3.56. The quantitative estimate of drug-likeness (QED) is 0.190. The monoisotopic (exact) mass is 628 g/mol. The summed E-state index contributed by atoms with van der Waals surface area (Å²) in [5.41, 5.74) is 5.61. The molecule has 5 aromatic rings. The number of carbonyl (C=O) groups is 3. The first-order chi connectivity index (χ1) is 21.8. The number of fused-ring (bicyclic) bond motifs is 1. The number of carbonyl (C=O) groups excluding carboxylic acids is 3. The molecule has 45 heavy (non-hydrogen) atoms. The number of rotatable bonds is 8. The van der Waals surface area contributed by atoms with Gasteiger partial charge in [-0.3, -0.25) is 19.1 Å². The minimum atomic E-state index is -1.47. The molecule has 0 unspecified atom stereocenters. The van der Waals surface area contributed by atoms with Crippen LogP contribution in [0, 0.1) is 0 Å². The van der Waals surface area contributed by atoms with Gasteiger partial charge in [-0.2, -0.15) is 4.98 Å². The first kappa shape index (κ1) is 29.5. The maximum absolute atomic E-state index is 13.4. The van der Waals surface area contributed by atoms with Gasteiger partial charge in [-0.05, 0) is 36.4 Å². The van der Waals surface area contributed by atoms with Crippen molar-refractivity contribution in [1.82, 2.24) is 14.5 Å². The lowest BCUT2D eigenvalue weighted by Crippen LogP contribution is -2.42. The van der Waals surface area contributed by atoms with Crippen LogP contribution in [-0.4, -0.2) is 57.4 Å². The van der Waals surface area contributed by atoms with Gasteiger partial charge in [0.1, 0.15) is 17.4 Å². The number of aromatic nitrogens is 3. The molecule has 1 saturated heterocycles.